The van der Waals surface area contributed by atoms with Crippen LogP contribution in [0.25, 0.3) is 0 Å². The van der Waals surface area contributed by atoms with E-state index in [0.29, 0.717) is 0 Å². The summed E-state index contributed by atoms with van der Waals surface area (Å²) in [5.74, 6) is -0.785. The lowest BCUT2D eigenvalue weighted by Crippen LogP contribution is -2.23. The number of hydrogen-bond acceptors (Lipinski definition) is 5. The van der Waals surface area contributed by atoms with E-state index in [4.69, 9.17) is 5.11 Å². The van der Waals surface area contributed by atoms with Gasteiger partial charge in [-0.05, 0) is 6.92 Å². The zero-order chi connectivity index (χ0) is 8.27. The van der Waals surface area contributed by atoms with E-state index in [-0.39, 0.29) is 18.1 Å². The molecular weight excluding hydrogens is 166 g/mol. The number of carbonyl (C=O) groups is 1. The molecule has 0 saturated heterocycles. The third-order valence-corrected chi connectivity index (χ3v) is 1.49. The quantitative estimate of drug-likeness (QED) is 0.648. The molecule has 0 atom stereocenters. The van der Waals surface area contributed by atoms with Crippen molar-refractivity contribution in [2.45, 2.75) is 0 Å². The van der Waals surface area contributed by atoms with Crippen molar-refractivity contribution in [3.63, 3.8) is 0 Å². The first-order valence-electron chi connectivity index (χ1n) is 2.84. The van der Waals surface area contributed by atoms with Gasteiger partial charge in [-0.1, -0.05) is 0 Å². The Morgan fingerprint density at radius 2 is 2.45 bits per heavy atom. The van der Waals surface area contributed by atoms with Crippen LogP contribution in [0.3, 0.4) is 0 Å². The minimum atomic E-state index is -0.453. The van der Waals surface area contributed by atoms with Crippen LogP contribution in [-0.4, -0.2) is 26.3 Å². The van der Waals surface area contributed by atoms with Crippen LogP contribution in [0.5, 0.6) is 5.88 Å². The molecule has 0 bridgehead atoms. The summed E-state index contributed by atoms with van der Waals surface area (Å²) in [5, 5.41) is 11.3. The molecule has 1 radical (unpaired) electrons. The molecule has 0 aliphatic carbocycles. The largest absolute Gasteiger partial charge is 0.491 e. The number of nitrogens with one attached hydrogen (secondary N) is 1. The first kappa shape index (κ1) is 7.93. The first-order valence-corrected chi connectivity index (χ1v) is 3.57. The molecule has 59 valence electrons. The number of aromatic nitrogens is 2. The molecule has 1 amide bonds. The average Bonchev–Trinajstić information content (AvgIpc) is 2.36. The first-order chi connectivity index (χ1) is 5.25. The minimum absolute atomic E-state index is 0.0429. The fourth-order valence-electron chi connectivity index (χ4n) is 0.524. The van der Waals surface area contributed by atoms with Gasteiger partial charge in [-0.25, -0.2) is 0 Å². The van der Waals surface area contributed by atoms with Crippen LogP contribution >= 0.6 is 11.7 Å². The van der Waals surface area contributed by atoms with Gasteiger partial charge >= 0.3 is 0 Å². The maximum atomic E-state index is 10.9. The predicted octanol–water partition coefficient (Wildman–Crippen LogP) is -0.192. The van der Waals surface area contributed by atoms with Gasteiger partial charge in [0, 0.05) is 6.54 Å². The summed E-state index contributed by atoms with van der Waals surface area (Å²) in [7, 11) is 0. The van der Waals surface area contributed by atoms with Gasteiger partial charge in [-0.3, -0.25) is 4.79 Å². The Balaban J connectivity index is 2.76. The van der Waals surface area contributed by atoms with E-state index in [1.165, 1.54) is 0 Å². The van der Waals surface area contributed by atoms with Gasteiger partial charge < -0.3 is 10.4 Å². The molecule has 1 aromatic heterocycles. The highest BCUT2D eigenvalue weighted by molar-refractivity contribution is 6.99. The Labute approximate surface area is 67.4 Å². The molecule has 0 fully saturated rings. The molecule has 0 aliphatic rings. The lowest BCUT2D eigenvalue weighted by Gasteiger charge is -1.95. The highest BCUT2D eigenvalue weighted by atomic mass is 32.1. The molecule has 0 saturated carbocycles. The maximum absolute atomic E-state index is 10.9. The van der Waals surface area contributed by atoms with Crippen molar-refractivity contribution >= 4 is 17.6 Å². The molecule has 0 aromatic carbocycles. The monoisotopic (exact) mass is 172 g/mol. The van der Waals surface area contributed by atoms with E-state index in [2.05, 4.69) is 21.0 Å². The Kier molecular flexibility index (Phi) is 2.37. The fourth-order valence-corrected chi connectivity index (χ4v) is 0.975. The fraction of sp³-hybridized carbons (Fsp3) is 0.200. The maximum Gasteiger partial charge on any atom is 0.276 e. The van der Waals surface area contributed by atoms with Gasteiger partial charge in [0.2, 0.25) is 5.69 Å². The highest BCUT2D eigenvalue weighted by Crippen LogP contribution is 2.11. The van der Waals surface area contributed by atoms with Gasteiger partial charge in [0.05, 0.1) is 11.7 Å². The van der Waals surface area contributed by atoms with Crippen molar-refractivity contribution in [1.82, 2.24) is 14.1 Å². The van der Waals surface area contributed by atoms with Gasteiger partial charge in [0.25, 0.3) is 11.8 Å². The molecule has 0 spiro atoms. The van der Waals surface area contributed by atoms with Crippen molar-refractivity contribution < 1.29 is 9.90 Å². The summed E-state index contributed by atoms with van der Waals surface area (Å²) in [6.07, 6.45) is 0. The normalized spacial score (nSPS) is 9.55. The second-order valence-electron chi connectivity index (χ2n) is 1.69. The minimum Gasteiger partial charge on any atom is -0.491 e. The van der Waals surface area contributed by atoms with Crippen LogP contribution in [-0.2, 0) is 0 Å². The lowest BCUT2D eigenvalue weighted by atomic mass is 10.4. The third-order valence-electron chi connectivity index (χ3n) is 0.972. The van der Waals surface area contributed by atoms with Crippen LogP contribution in [0, 0.1) is 6.92 Å². The van der Waals surface area contributed by atoms with Crippen molar-refractivity contribution in [2.24, 2.45) is 0 Å². The second kappa shape index (κ2) is 3.29. The Morgan fingerprint density at radius 1 is 1.73 bits per heavy atom. The topological polar surface area (TPSA) is 75.1 Å². The van der Waals surface area contributed by atoms with Crippen molar-refractivity contribution in [3.05, 3.63) is 12.6 Å². The summed E-state index contributed by atoms with van der Waals surface area (Å²) >= 11 is 0.789. The van der Waals surface area contributed by atoms with Crippen molar-refractivity contribution in [2.75, 3.05) is 6.54 Å². The van der Waals surface area contributed by atoms with Crippen LogP contribution < -0.4 is 5.32 Å². The zero-order valence-electron chi connectivity index (χ0n) is 5.57. The molecule has 1 rings (SSSR count). The Morgan fingerprint density at radius 3 is 2.91 bits per heavy atom. The van der Waals surface area contributed by atoms with E-state index >= 15 is 0 Å². The number of amides is 1. The zero-order valence-corrected chi connectivity index (χ0v) is 6.39. The second-order valence-corrected chi connectivity index (χ2v) is 2.22. The highest BCUT2D eigenvalue weighted by Gasteiger charge is 2.13. The van der Waals surface area contributed by atoms with E-state index in [1.807, 2.05) is 0 Å². The summed E-state index contributed by atoms with van der Waals surface area (Å²) < 4.78 is 7.00. The van der Waals surface area contributed by atoms with Crippen LogP contribution in [0.15, 0.2) is 0 Å². The van der Waals surface area contributed by atoms with Gasteiger partial charge in [-0.15, -0.1) is 4.37 Å². The molecule has 1 aromatic rings. The summed E-state index contributed by atoms with van der Waals surface area (Å²) in [5.41, 5.74) is -0.0429. The molecule has 0 aliphatic heterocycles. The average molecular weight is 172 g/mol. The molecule has 1 heterocycles. The number of nitrogens with zero attached hydrogens (tertiary/aromatic N) is 2. The van der Waals surface area contributed by atoms with Gasteiger partial charge in [0.1, 0.15) is 0 Å². The van der Waals surface area contributed by atoms with Crippen molar-refractivity contribution in [1.29, 1.82) is 0 Å². The van der Waals surface area contributed by atoms with E-state index in [1.54, 1.807) is 0 Å². The molecular formula is C5H6N3O2S. The summed E-state index contributed by atoms with van der Waals surface area (Å²) in [6, 6.07) is 0. The van der Waals surface area contributed by atoms with Gasteiger partial charge in [-0.2, -0.15) is 4.37 Å². The SMILES string of the molecule is [CH2]CNC(=O)c1nsnc1O. The van der Waals surface area contributed by atoms with E-state index in [9.17, 15) is 4.79 Å². The molecule has 0 unspecified atom stereocenters. The Bertz CT molecular complexity index is 260. The Hall–Kier alpha value is -1.17. The number of aromatic hydroxyl groups is 1. The molecule has 11 heavy (non-hydrogen) atoms. The molecule has 5 nitrogen and oxygen atoms in total. The van der Waals surface area contributed by atoms with Crippen LogP contribution in [0.1, 0.15) is 10.5 Å². The number of carbonyl (C=O) groups excluding carboxylic acids is 1. The van der Waals surface area contributed by atoms with Crippen LogP contribution in [0.4, 0.5) is 0 Å². The van der Waals surface area contributed by atoms with Crippen molar-refractivity contribution in [3.8, 4) is 5.88 Å². The lowest BCUT2D eigenvalue weighted by molar-refractivity contribution is 0.0951. The van der Waals surface area contributed by atoms with E-state index in [0.717, 1.165) is 11.7 Å². The van der Waals surface area contributed by atoms with Gasteiger partial charge in [0.15, 0.2) is 0 Å². The predicted molar refractivity (Wildman–Crippen MR) is 39.3 cm³/mol. The molecule has 2 N–H and O–H groups in total. The summed E-state index contributed by atoms with van der Waals surface area (Å²) in [4.78, 5) is 10.9. The standard InChI is InChI=1S/C5H6N3O2S/c1-2-6-4(9)3-5(10)8-11-7-3/h1-2H2,(H,6,9)(H,8,10). The smallest absolute Gasteiger partial charge is 0.276 e. The van der Waals surface area contributed by atoms with E-state index < -0.39 is 5.91 Å². The molecule has 6 heteroatoms. The summed E-state index contributed by atoms with van der Waals surface area (Å²) in [6.45, 7) is 3.67. The number of rotatable bonds is 2. The third kappa shape index (κ3) is 1.64. The van der Waals surface area contributed by atoms with Crippen LogP contribution in [0.2, 0.25) is 0 Å². The number of hydrogen-bond donors (Lipinski definition) is 2.